The summed E-state index contributed by atoms with van der Waals surface area (Å²) in [6.07, 6.45) is 0.261. The van der Waals surface area contributed by atoms with Gasteiger partial charge in [-0.15, -0.1) is 0 Å². The van der Waals surface area contributed by atoms with Crippen LogP contribution in [0.2, 0.25) is 5.02 Å². The summed E-state index contributed by atoms with van der Waals surface area (Å²) in [6.45, 7) is 4.32. The number of anilines is 1. The zero-order valence-electron chi connectivity index (χ0n) is 16.1. The molecule has 148 valence electrons. The third-order valence-electron chi connectivity index (χ3n) is 4.67. The van der Waals surface area contributed by atoms with Gasteiger partial charge < -0.3 is 10.2 Å². The van der Waals surface area contributed by atoms with Gasteiger partial charge in [-0.25, -0.2) is 9.38 Å². The average Bonchev–Trinajstić information content (AvgIpc) is 2.98. The Morgan fingerprint density at radius 3 is 2.68 bits per heavy atom. The molecule has 0 aromatic heterocycles. The number of hydrogen-bond donors (Lipinski definition) is 1. The molecule has 0 saturated carbocycles. The maximum Gasteiger partial charge on any atom is 0.226 e. The molecule has 1 unspecified atom stereocenters. The van der Waals surface area contributed by atoms with E-state index in [9.17, 15) is 9.18 Å². The number of nitrogens with zero attached hydrogens (tertiary/aromatic N) is 2. The van der Waals surface area contributed by atoms with Crippen LogP contribution in [0.3, 0.4) is 0 Å². The highest BCUT2D eigenvalue weighted by molar-refractivity contribution is 8.14. The van der Waals surface area contributed by atoms with Crippen LogP contribution in [0, 0.1) is 5.82 Å². The molecule has 1 aliphatic heterocycles. The summed E-state index contributed by atoms with van der Waals surface area (Å²) < 4.78 is 13.9. The van der Waals surface area contributed by atoms with Crippen molar-refractivity contribution >= 4 is 45.8 Å². The fourth-order valence-electron chi connectivity index (χ4n) is 2.90. The molecule has 1 fully saturated rings. The first-order chi connectivity index (χ1) is 13.3. The van der Waals surface area contributed by atoms with Gasteiger partial charge in [0.25, 0.3) is 0 Å². The first kappa shape index (κ1) is 20.7. The molecule has 7 heteroatoms. The Labute approximate surface area is 174 Å². The van der Waals surface area contributed by atoms with E-state index in [-0.39, 0.29) is 24.1 Å². The molecule has 2 aromatic carbocycles. The number of benzene rings is 2. The molecule has 2 aromatic rings. The zero-order chi connectivity index (χ0) is 20.3. The Balaban J connectivity index is 1.61. The maximum atomic E-state index is 13.9. The lowest BCUT2D eigenvalue weighted by Gasteiger charge is -2.20. The number of carbonyl (C=O) groups is 1. The van der Waals surface area contributed by atoms with Crippen LogP contribution in [0.15, 0.2) is 47.5 Å². The number of thioether (sulfide) groups is 1. The van der Waals surface area contributed by atoms with E-state index < -0.39 is 5.82 Å². The van der Waals surface area contributed by atoms with Gasteiger partial charge in [-0.1, -0.05) is 49.3 Å². The Kier molecular flexibility index (Phi) is 6.62. The summed E-state index contributed by atoms with van der Waals surface area (Å²) in [4.78, 5) is 19.0. The topological polar surface area (TPSA) is 44.7 Å². The minimum absolute atomic E-state index is 0.00838. The van der Waals surface area contributed by atoms with Crippen LogP contribution >= 0.6 is 23.4 Å². The molecule has 0 aliphatic carbocycles. The van der Waals surface area contributed by atoms with Crippen LogP contribution in [-0.2, 0) is 4.79 Å². The van der Waals surface area contributed by atoms with Crippen molar-refractivity contribution in [1.29, 1.82) is 0 Å². The molecule has 28 heavy (non-hydrogen) atoms. The molecule has 0 bridgehead atoms. The Hall–Kier alpha value is -2.05. The van der Waals surface area contributed by atoms with Crippen molar-refractivity contribution in [3.8, 4) is 0 Å². The first-order valence-electron chi connectivity index (χ1n) is 9.12. The quantitative estimate of drug-likeness (QED) is 0.679. The van der Waals surface area contributed by atoms with Crippen LogP contribution in [0.1, 0.15) is 31.7 Å². The summed E-state index contributed by atoms with van der Waals surface area (Å²) in [5.74, 6) is 0.470. The summed E-state index contributed by atoms with van der Waals surface area (Å²) in [5.41, 5.74) is 2.31. The summed E-state index contributed by atoms with van der Waals surface area (Å²) in [7, 11) is 1.93. The predicted octanol–water partition coefficient (Wildman–Crippen LogP) is 5.67. The van der Waals surface area contributed by atoms with Crippen molar-refractivity contribution in [2.75, 3.05) is 18.1 Å². The highest BCUT2D eigenvalue weighted by Crippen LogP contribution is 2.28. The van der Waals surface area contributed by atoms with Crippen molar-refractivity contribution in [3.05, 3.63) is 58.9 Å². The first-order valence-corrected chi connectivity index (χ1v) is 10.5. The second-order valence-electron chi connectivity index (χ2n) is 7.09. The number of rotatable bonds is 5. The van der Waals surface area contributed by atoms with Crippen LogP contribution in [-0.4, -0.2) is 34.8 Å². The second-order valence-corrected chi connectivity index (χ2v) is 8.52. The van der Waals surface area contributed by atoms with Gasteiger partial charge in [-0.3, -0.25) is 4.79 Å². The summed E-state index contributed by atoms with van der Waals surface area (Å²) in [6, 6.07) is 12.4. The zero-order valence-corrected chi connectivity index (χ0v) is 17.6. The fourth-order valence-corrected chi connectivity index (χ4v) is 4.26. The summed E-state index contributed by atoms with van der Waals surface area (Å²) >= 11 is 7.36. The monoisotopic (exact) mass is 419 g/mol. The van der Waals surface area contributed by atoms with Crippen molar-refractivity contribution < 1.29 is 9.18 Å². The SMILES string of the molecule is CC(C)c1ccc(N=C2SCC(CC(=O)Nc3ccc(Cl)cc3F)N2C)cc1. The third kappa shape index (κ3) is 5.06. The van der Waals surface area contributed by atoms with Crippen molar-refractivity contribution in [2.24, 2.45) is 4.99 Å². The van der Waals surface area contributed by atoms with Crippen molar-refractivity contribution in [2.45, 2.75) is 32.2 Å². The standard InChI is InChI=1S/C21H23ClFN3OS/c1-13(2)14-4-7-16(8-5-14)24-21-26(3)17(12-28-21)11-20(27)25-19-9-6-15(22)10-18(19)23/h4-10,13,17H,11-12H2,1-3H3,(H,25,27). The molecule has 3 rings (SSSR count). The second kappa shape index (κ2) is 8.97. The van der Waals surface area contributed by atoms with E-state index in [4.69, 9.17) is 16.6 Å². The van der Waals surface area contributed by atoms with E-state index in [2.05, 4.69) is 31.3 Å². The van der Waals surface area contributed by atoms with Gasteiger partial charge in [0, 0.05) is 30.3 Å². The van der Waals surface area contributed by atoms with Crippen LogP contribution in [0.4, 0.5) is 15.8 Å². The maximum absolute atomic E-state index is 13.9. The minimum Gasteiger partial charge on any atom is -0.350 e. The van der Waals surface area contributed by atoms with E-state index in [0.717, 1.165) is 16.6 Å². The van der Waals surface area contributed by atoms with Gasteiger partial charge >= 0.3 is 0 Å². The van der Waals surface area contributed by atoms with Crippen LogP contribution < -0.4 is 5.32 Å². The Morgan fingerprint density at radius 2 is 2.04 bits per heavy atom. The van der Waals surface area contributed by atoms with Crippen molar-refractivity contribution in [3.63, 3.8) is 0 Å². The number of hydrogen-bond acceptors (Lipinski definition) is 3. The van der Waals surface area contributed by atoms with Crippen LogP contribution in [0.5, 0.6) is 0 Å². The van der Waals surface area contributed by atoms with Gasteiger partial charge in [0.1, 0.15) is 5.82 Å². The Bertz CT molecular complexity index is 886. The lowest BCUT2D eigenvalue weighted by Crippen LogP contribution is -2.33. The van der Waals surface area contributed by atoms with E-state index in [1.54, 1.807) is 17.8 Å². The minimum atomic E-state index is -0.540. The van der Waals surface area contributed by atoms with Gasteiger partial charge in [-0.2, -0.15) is 0 Å². The van der Waals surface area contributed by atoms with E-state index >= 15 is 0 Å². The summed E-state index contributed by atoms with van der Waals surface area (Å²) in [5, 5.41) is 3.80. The largest absolute Gasteiger partial charge is 0.350 e. The third-order valence-corrected chi connectivity index (χ3v) is 6.09. The smallest absolute Gasteiger partial charge is 0.226 e. The predicted molar refractivity (Wildman–Crippen MR) is 116 cm³/mol. The molecule has 4 nitrogen and oxygen atoms in total. The van der Waals surface area contributed by atoms with Crippen molar-refractivity contribution in [1.82, 2.24) is 4.90 Å². The number of amides is 1. The van der Waals surface area contributed by atoms with Gasteiger partial charge in [-0.05, 0) is 41.8 Å². The number of amidine groups is 1. The van der Waals surface area contributed by atoms with E-state index in [1.807, 2.05) is 24.1 Å². The highest BCUT2D eigenvalue weighted by atomic mass is 35.5. The number of carbonyl (C=O) groups excluding carboxylic acids is 1. The molecule has 1 aliphatic rings. The molecular weight excluding hydrogens is 397 g/mol. The number of nitrogens with one attached hydrogen (secondary N) is 1. The molecule has 1 amide bonds. The van der Waals surface area contributed by atoms with Gasteiger partial charge in [0.15, 0.2) is 5.17 Å². The fraction of sp³-hybridized carbons (Fsp3) is 0.333. The molecule has 0 radical (unpaired) electrons. The average molecular weight is 420 g/mol. The molecular formula is C21H23ClFN3OS. The number of aliphatic imine (C=N–C) groups is 1. The highest BCUT2D eigenvalue weighted by Gasteiger charge is 2.29. The lowest BCUT2D eigenvalue weighted by atomic mass is 10.0. The molecule has 1 heterocycles. The normalized spacial score (nSPS) is 18.1. The lowest BCUT2D eigenvalue weighted by molar-refractivity contribution is -0.116. The molecule has 0 spiro atoms. The van der Waals surface area contributed by atoms with E-state index in [1.165, 1.54) is 17.7 Å². The van der Waals surface area contributed by atoms with Crippen LogP contribution in [0.25, 0.3) is 0 Å². The molecule has 1 saturated heterocycles. The molecule has 1 N–H and O–H groups in total. The van der Waals surface area contributed by atoms with Gasteiger partial charge in [0.05, 0.1) is 11.4 Å². The van der Waals surface area contributed by atoms with Gasteiger partial charge in [0.2, 0.25) is 5.91 Å². The molecule has 1 atom stereocenters. The number of halogens is 2. The Morgan fingerprint density at radius 1 is 1.32 bits per heavy atom. The van der Waals surface area contributed by atoms with E-state index in [0.29, 0.717) is 10.9 Å².